The molecule has 0 unspecified atom stereocenters. The van der Waals surface area contributed by atoms with Crippen molar-refractivity contribution in [3.8, 4) is 0 Å². The number of aromatic nitrogens is 1. The molecule has 1 aromatic heterocycles. The van der Waals surface area contributed by atoms with E-state index in [4.69, 9.17) is 0 Å². The Labute approximate surface area is 124 Å². The van der Waals surface area contributed by atoms with Gasteiger partial charge >= 0.3 is 0 Å². The van der Waals surface area contributed by atoms with Crippen LogP contribution in [0.4, 0.5) is 0 Å². The zero-order valence-corrected chi connectivity index (χ0v) is 11.8. The van der Waals surface area contributed by atoms with Crippen molar-refractivity contribution < 1.29 is 22.2 Å². The average Bonchev–Trinajstić information content (AvgIpc) is 3.13. The van der Waals surface area contributed by atoms with Crippen LogP contribution in [0.5, 0.6) is 0 Å². The summed E-state index contributed by atoms with van der Waals surface area (Å²) in [6, 6.07) is 13.8. The maximum atomic E-state index is 9.85. The van der Waals surface area contributed by atoms with Crippen LogP contribution in [-0.4, -0.2) is 9.67 Å². The minimum atomic E-state index is 0. The van der Waals surface area contributed by atoms with Crippen LogP contribution in [0.3, 0.4) is 0 Å². The van der Waals surface area contributed by atoms with Gasteiger partial charge in [0.05, 0.1) is 5.69 Å². The predicted molar refractivity (Wildman–Crippen MR) is 75.3 cm³/mol. The Hall–Kier alpha value is -1.83. The quantitative estimate of drug-likeness (QED) is 0.483. The number of aliphatic hydroxyl groups excluding tert-OH is 1. The molecule has 0 radical (unpaired) electrons. The number of aryl methyl sites for hydroxylation is 1. The monoisotopic (exact) mass is 294 g/mol. The van der Waals surface area contributed by atoms with Gasteiger partial charge in [-0.2, -0.15) is 18.2 Å². The van der Waals surface area contributed by atoms with Crippen molar-refractivity contribution in [1.29, 1.82) is 0 Å². The fourth-order valence-electron chi connectivity index (χ4n) is 1.71. The van der Waals surface area contributed by atoms with E-state index in [1.165, 1.54) is 0 Å². The fraction of sp³-hybridized carbons (Fsp3) is 0.0625. The summed E-state index contributed by atoms with van der Waals surface area (Å²) in [6.07, 6.45) is 9.52. The van der Waals surface area contributed by atoms with Gasteiger partial charge in [0.1, 0.15) is 5.76 Å². The smallest absolute Gasteiger partial charge is 0.146 e. The molecule has 2 aromatic rings. The molecule has 3 rings (SSSR count). The summed E-state index contributed by atoms with van der Waals surface area (Å²) in [4.78, 5) is 0. The normalized spacial score (nSPS) is 11.7. The van der Waals surface area contributed by atoms with Crippen molar-refractivity contribution in [3.05, 3.63) is 84.2 Å². The molecule has 1 aliphatic rings. The van der Waals surface area contributed by atoms with E-state index in [1.54, 1.807) is 0 Å². The largest absolute Gasteiger partial charge is 0.505 e. The molecule has 0 aliphatic heterocycles. The van der Waals surface area contributed by atoms with Gasteiger partial charge in [0.2, 0.25) is 0 Å². The Kier molecular flexibility index (Phi) is 6.07. The molecule has 0 spiro atoms. The Bertz CT molecular complexity index is 542. The minimum Gasteiger partial charge on any atom is -0.505 e. The van der Waals surface area contributed by atoms with Gasteiger partial charge in [0.15, 0.2) is 0 Å². The third kappa shape index (κ3) is 4.09. The molecule has 0 saturated heterocycles. The van der Waals surface area contributed by atoms with Crippen molar-refractivity contribution >= 4 is 5.76 Å². The second-order valence-electron chi connectivity index (χ2n) is 3.99. The van der Waals surface area contributed by atoms with Crippen molar-refractivity contribution in [2.45, 2.75) is 0 Å². The van der Waals surface area contributed by atoms with Gasteiger partial charge in [-0.25, -0.2) is 12.1 Å². The summed E-state index contributed by atoms with van der Waals surface area (Å²) >= 11 is 0. The van der Waals surface area contributed by atoms with Crippen LogP contribution in [-0.2, 0) is 24.1 Å². The zero-order chi connectivity index (χ0) is 12.8. The van der Waals surface area contributed by atoms with Gasteiger partial charge < -0.3 is 9.67 Å². The first kappa shape index (κ1) is 15.2. The molecule has 0 bridgehead atoms. The van der Waals surface area contributed by atoms with Crippen molar-refractivity contribution in [3.63, 3.8) is 0 Å². The molecule has 1 aliphatic carbocycles. The molecule has 0 amide bonds. The van der Waals surface area contributed by atoms with E-state index in [0.29, 0.717) is 5.76 Å². The summed E-state index contributed by atoms with van der Waals surface area (Å²) in [6.45, 7) is 0. The molecule has 1 aromatic carbocycles. The summed E-state index contributed by atoms with van der Waals surface area (Å²) in [5, 5.41) is 9.85. The van der Waals surface area contributed by atoms with E-state index >= 15 is 0 Å². The third-order valence-corrected chi connectivity index (χ3v) is 2.68. The minimum absolute atomic E-state index is 0. The SMILES string of the molecule is Cn1cccc1C(O)=C1C=CC=C1.[Fe].c1cc[cH-]c1. The van der Waals surface area contributed by atoms with Gasteiger partial charge in [-0.15, -0.1) is 0 Å². The van der Waals surface area contributed by atoms with Gasteiger partial charge in [-0.1, -0.05) is 24.3 Å². The van der Waals surface area contributed by atoms with Crippen LogP contribution in [0, 0.1) is 0 Å². The van der Waals surface area contributed by atoms with Gasteiger partial charge in [-0.3, -0.25) is 0 Å². The summed E-state index contributed by atoms with van der Waals surface area (Å²) in [5.74, 6) is 0.331. The number of nitrogens with zero attached hydrogens (tertiary/aromatic N) is 1. The summed E-state index contributed by atoms with van der Waals surface area (Å²) in [5.41, 5.74) is 1.70. The molecule has 1 heterocycles. The second kappa shape index (κ2) is 7.57. The van der Waals surface area contributed by atoms with Crippen LogP contribution in [0.2, 0.25) is 0 Å². The van der Waals surface area contributed by atoms with Crippen molar-refractivity contribution in [1.82, 2.24) is 4.57 Å². The van der Waals surface area contributed by atoms with E-state index in [-0.39, 0.29) is 17.1 Å². The fourth-order valence-corrected chi connectivity index (χ4v) is 1.71. The van der Waals surface area contributed by atoms with Gasteiger partial charge in [-0.05, 0) is 12.1 Å². The number of hydrogen-bond donors (Lipinski definition) is 1. The van der Waals surface area contributed by atoms with E-state index in [0.717, 1.165) is 11.3 Å². The summed E-state index contributed by atoms with van der Waals surface area (Å²) in [7, 11) is 1.91. The van der Waals surface area contributed by atoms with Crippen LogP contribution < -0.4 is 0 Å². The molecular formula is C16H16FeNO-. The number of allylic oxidation sites excluding steroid dienone is 5. The molecule has 3 heteroatoms. The Morgan fingerprint density at radius 2 is 1.74 bits per heavy atom. The number of rotatable bonds is 1. The molecule has 19 heavy (non-hydrogen) atoms. The summed E-state index contributed by atoms with van der Waals surface area (Å²) < 4.78 is 1.89. The predicted octanol–water partition coefficient (Wildman–Crippen LogP) is 3.82. The van der Waals surface area contributed by atoms with E-state index in [2.05, 4.69) is 0 Å². The van der Waals surface area contributed by atoms with E-state index in [9.17, 15) is 5.11 Å². The van der Waals surface area contributed by atoms with E-state index in [1.807, 2.05) is 84.6 Å². The first-order chi connectivity index (χ1) is 8.79. The maximum absolute atomic E-state index is 9.85. The third-order valence-electron chi connectivity index (χ3n) is 2.68. The van der Waals surface area contributed by atoms with Gasteiger partial charge in [0, 0.05) is 35.9 Å². The van der Waals surface area contributed by atoms with Crippen LogP contribution in [0.1, 0.15) is 5.69 Å². The zero-order valence-electron chi connectivity index (χ0n) is 10.7. The Morgan fingerprint density at radius 3 is 2.16 bits per heavy atom. The van der Waals surface area contributed by atoms with Gasteiger partial charge in [0.25, 0.3) is 0 Å². The maximum Gasteiger partial charge on any atom is 0.146 e. The van der Waals surface area contributed by atoms with Crippen molar-refractivity contribution in [2.75, 3.05) is 0 Å². The molecular weight excluding hydrogens is 278 g/mol. The Balaban J connectivity index is 0.000000256. The average molecular weight is 294 g/mol. The molecule has 2 nitrogen and oxygen atoms in total. The van der Waals surface area contributed by atoms with Crippen LogP contribution in [0.25, 0.3) is 5.76 Å². The topological polar surface area (TPSA) is 25.2 Å². The van der Waals surface area contributed by atoms with E-state index < -0.39 is 0 Å². The number of aliphatic hydroxyl groups is 1. The number of hydrogen-bond acceptors (Lipinski definition) is 1. The standard InChI is InChI=1S/C11H11NO.C5H5.Fe/c1-12-8-4-7-10(12)11(13)9-5-2-3-6-9;1-2-4-5-3-1;/h2-8,13H,1H3;1-5H;/q;-1;. The Morgan fingerprint density at radius 1 is 1.11 bits per heavy atom. The molecule has 0 saturated carbocycles. The first-order valence-corrected chi connectivity index (χ1v) is 5.85. The molecule has 1 N–H and O–H groups in total. The first-order valence-electron chi connectivity index (χ1n) is 5.85. The molecule has 0 fully saturated rings. The van der Waals surface area contributed by atoms with Crippen LogP contribution in [0.15, 0.2) is 78.5 Å². The van der Waals surface area contributed by atoms with Crippen LogP contribution >= 0.6 is 0 Å². The second-order valence-corrected chi connectivity index (χ2v) is 3.99. The molecule has 100 valence electrons. The van der Waals surface area contributed by atoms with Crippen molar-refractivity contribution in [2.24, 2.45) is 7.05 Å². The molecule has 0 atom stereocenters.